The van der Waals surface area contributed by atoms with Gasteiger partial charge in [0.25, 0.3) is 0 Å². The third-order valence-corrected chi connectivity index (χ3v) is 5.52. The molecule has 130 valence electrons. The number of nitrogens with zero attached hydrogens (tertiary/aromatic N) is 2. The van der Waals surface area contributed by atoms with Gasteiger partial charge >= 0.3 is 0 Å². The lowest BCUT2D eigenvalue weighted by Gasteiger charge is -2.30. The van der Waals surface area contributed by atoms with Gasteiger partial charge in [-0.15, -0.1) is 11.3 Å². The third-order valence-electron chi connectivity index (χ3n) is 4.76. The van der Waals surface area contributed by atoms with E-state index in [-0.39, 0.29) is 17.7 Å². The van der Waals surface area contributed by atoms with Gasteiger partial charge in [0, 0.05) is 35.5 Å². The van der Waals surface area contributed by atoms with Crippen LogP contribution in [0.5, 0.6) is 0 Å². The number of hydrogen-bond acceptors (Lipinski definition) is 4. The summed E-state index contributed by atoms with van der Waals surface area (Å²) in [5, 5.41) is 5.39. The highest BCUT2D eigenvalue weighted by atomic mass is 32.1. The summed E-state index contributed by atoms with van der Waals surface area (Å²) in [7, 11) is 0. The van der Waals surface area contributed by atoms with Crippen LogP contribution in [-0.2, 0) is 16.0 Å². The summed E-state index contributed by atoms with van der Waals surface area (Å²) >= 11 is 1.44. The van der Waals surface area contributed by atoms with Crippen molar-refractivity contribution < 1.29 is 9.59 Å². The first-order chi connectivity index (χ1) is 12.2. The molecule has 1 aromatic heterocycles. The molecule has 1 fully saturated rings. The number of aromatic nitrogens is 1. The molecule has 0 radical (unpaired) electrons. The van der Waals surface area contributed by atoms with Gasteiger partial charge in [0.1, 0.15) is 0 Å². The molecule has 0 spiro atoms. The quantitative estimate of drug-likeness (QED) is 0.906. The number of carbonyl (C=O) groups is 2. The first-order valence-electron chi connectivity index (χ1n) is 8.85. The summed E-state index contributed by atoms with van der Waals surface area (Å²) in [6, 6.07) is 6.22. The van der Waals surface area contributed by atoms with Crippen LogP contribution >= 0.6 is 11.3 Å². The van der Waals surface area contributed by atoms with Crippen LogP contribution in [0, 0.1) is 5.92 Å². The Labute approximate surface area is 151 Å². The summed E-state index contributed by atoms with van der Waals surface area (Å²) in [5.74, 6) is 0.501. The normalized spacial score (nSPS) is 16.4. The first kappa shape index (κ1) is 16.3. The molecular formula is C19H21N3O2S. The van der Waals surface area contributed by atoms with Crippen LogP contribution < -0.4 is 10.2 Å². The van der Waals surface area contributed by atoms with E-state index in [2.05, 4.69) is 16.4 Å². The highest BCUT2D eigenvalue weighted by molar-refractivity contribution is 7.14. The number of fused-ring (bicyclic) bond motifs is 1. The minimum absolute atomic E-state index is 0.0272. The highest BCUT2D eigenvalue weighted by Gasteiger charge is 2.35. The maximum Gasteiger partial charge on any atom is 0.230 e. The van der Waals surface area contributed by atoms with Crippen LogP contribution in [0.25, 0.3) is 11.3 Å². The highest BCUT2D eigenvalue weighted by Crippen LogP contribution is 2.37. The van der Waals surface area contributed by atoms with Crippen molar-refractivity contribution in [3.05, 3.63) is 29.1 Å². The van der Waals surface area contributed by atoms with Crippen molar-refractivity contribution in [3.8, 4) is 11.3 Å². The van der Waals surface area contributed by atoms with E-state index >= 15 is 0 Å². The second kappa shape index (κ2) is 6.59. The molecule has 1 saturated carbocycles. The Morgan fingerprint density at radius 1 is 1.36 bits per heavy atom. The minimum Gasteiger partial charge on any atom is -0.312 e. The predicted octanol–water partition coefficient (Wildman–Crippen LogP) is 3.85. The summed E-state index contributed by atoms with van der Waals surface area (Å²) in [6.07, 6.45) is 4.51. The first-order valence-corrected chi connectivity index (χ1v) is 9.73. The monoisotopic (exact) mass is 355 g/mol. The molecule has 1 aliphatic heterocycles. The molecule has 1 aliphatic carbocycles. The molecule has 2 aromatic rings. The van der Waals surface area contributed by atoms with Crippen LogP contribution in [0.3, 0.4) is 0 Å². The van der Waals surface area contributed by atoms with E-state index in [0.29, 0.717) is 11.6 Å². The maximum atomic E-state index is 12.5. The summed E-state index contributed by atoms with van der Waals surface area (Å²) in [5.41, 5.74) is 4.17. The van der Waals surface area contributed by atoms with Gasteiger partial charge in [0.05, 0.1) is 5.69 Å². The van der Waals surface area contributed by atoms with Crippen LogP contribution in [0.4, 0.5) is 10.8 Å². The molecule has 2 amide bonds. The Morgan fingerprint density at radius 2 is 2.20 bits per heavy atom. The van der Waals surface area contributed by atoms with Crippen molar-refractivity contribution in [3.63, 3.8) is 0 Å². The number of amides is 2. The Kier molecular flexibility index (Phi) is 4.29. The second-order valence-corrected chi connectivity index (χ2v) is 7.51. The molecule has 5 nitrogen and oxygen atoms in total. The lowest BCUT2D eigenvalue weighted by molar-refractivity contribution is -0.120. The number of anilines is 2. The van der Waals surface area contributed by atoms with Gasteiger partial charge in [-0.25, -0.2) is 4.98 Å². The Hall–Kier alpha value is -2.21. The van der Waals surface area contributed by atoms with Gasteiger partial charge < -0.3 is 10.2 Å². The molecule has 2 heterocycles. The van der Waals surface area contributed by atoms with Crippen molar-refractivity contribution in [2.24, 2.45) is 5.92 Å². The smallest absolute Gasteiger partial charge is 0.230 e. The topological polar surface area (TPSA) is 62.3 Å². The zero-order valence-corrected chi connectivity index (χ0v) is 15.1. The van der Waals surface area contributed by atoms with Crippen LogP contribution in [0.2, 0.25) is 0 Å². The largest absolute Gasteiger partial charge is 0.312 e. The molecule has 25 heavy (non-hydrogen) atoms. The number of benzene rings is 1. The number of aryl methyl sites for hydroxylation is 1. The third kappa shape index (κ3) is 3.31. The van der Waals surface area contributed by atoms with Crippen molar-refractivity contribution >= 4 is 34.0 Å². The van der Waals surface area contributed by atoms with Gasteiger partial charge in [0.2, 0.25) is 11.8 Å². The number of thiazole rings is 1. The Balaban J connectivity index is 1.58. The fourth-order valence-corrected chi connectivity index (χ4v) is 3.94. The zero-order valence-electron chi connectivity index (χ0n) is 14.2. The Morgan fingerprint density at radius 3 is 2.96 bits per heavy atom. The fourth-order valence-electron chi connectivity index (χ4n) is 3.21. The molecule has 6 heteroatoms. The van der Waals surface area contributed by atoms with E-state index in [9.17, 15) is 9.59 Å². The lowest BCUT2D eigenvalue weighted by Crippen LogP contribution is -2.36. The molecule has 1 aromatic carbocycles. The molecular weight excluding hydrogens is 334 g/mol. The van der Waals surface area contributed by atoms with E-state index in [4.69, 9.17) is 0 Å². The Bertz CT molecular complexity index is 826. The van der Waals surface area contributed by atoms with Gasteiger partial charge in [-0.2, -0.15) is 0 Å². The molecule has 2 aliphatic rings. The maximum absolute atomic E-state index is 12.5. The minimum atomic E-state index is -0.0272. The second-order valence-electron chi connectivity index (χ2n) is 6.65. The van der Waals surface area contributed by atoms with E-state index in [1.54, 1.807) is 0 Å². The summed E-state index contributed by atoms with van der Waals surface area (Å²) in [4.78, 5) is 30.5. The average Bonchev–Trinajstić information content (AvgIpc) is 3.39. The van der Waals surface area contributed by atoms with E-state index in [1.807, 2.05) is 29.3 Å². The van der Waals surface area contributed by atoms with Crippen molar-refractivity contribution in [1.29, 1.82) is 0 Å². The van der Waals surface area contributed by atoms with E-state index < -0.39 is 0 Å². The van der Waals surface area contributed by atoms with Crippen LogP contribution in [0.1, 0.15) is 38.2 Å². The van der Waals surface area contributed by atoms with Crippen molar-refractivity contribution in [2.75, 3.05) is 16.8 Å². The van der Waals surface area contributed by atoms with Gasteiger partial charge in [-0.05, 0) is 43.4 Å². The van der Waals surface area contributed by atoms with E-state index in [1.165, 1.54) is 16.9 Å². The number of nitrogens with one attached hydrogen (secondary N) is 1. The predicted molar refractivity (Wildman–Crippen MR) is 99.9 cm³/mol. The zero-order chi connectivity index (χ0) is 17.4. The molecule has 1 N–H and O–H groups in total. The van der Waals surface area contributed by atoms with Crippen LogP contribution in [0.15, 0.2) is 23.6 Å². The molecule has 0 atom stereocenters. The van der Waals surface area contributed by atoms with E-state index in [0.717, 1.165) is 49.2 Å². The van der Waals surface area contributed by atoms with Crippen molar-refractivity contribution in [1.82, 2.24) is 4.98 Å². The lowest BCUT2D eigenvalue weighted by atomic mass is 9.98. The van der Waals surface area contributed by atoms with Crippen LogP contribution in [-0.4, -0.2) is 23.3 Å². The molecule has 0 bridgehead atoms. The van der Waals surface area contributed by atoms with Crippen molar-refractivity contribution in [2.45, 2.75) is 39.0 Å². The average molecular weight is 355 g/mol. The number of carbonyl (C=O) groups excluding carboxylic acids is 2. The number of rotatable bonds is 4. The van der Waals surface area contributed by atoms with Gasteiger partial charge in [-0.1, -0.05) is 13.0 Å². The van der Waals surface area contributed by atoms with Gasteiger partial charge in [0.15, 0.2) is 5.13 Å². The summed E-state index contributed by atoms with van der Waals surface area (Å²) < 4.78 is 0. The number of hydrogen-bond donors (Lipinski definition) is 1. The molecule has 0 unspecified atom stereocenters. The van der Waals surface area contributed by atoms with Gasteiger partial charge in [-0.3, -0.25) is 9.59 Å². The standard InChI is InChI=1S/C19H21N3O2S/c1-2-17(23)21-19-20-15(11-25-19)13-7-8-16-14(10-13)4-3-9-22(16)18(24)12-5-6-12/h7-8,10-12H,2-6,9H2,1H3,(H,20,21,23). The molecule has 4 rings (SSSR count). The molecule has 0 saturated heterocycles. The fraction of sp³-hybridized carbons (Fsp3) is 0.421. The summed E-state index contributed by atoms with van der Waals surface area (Å²) in [6.45, 7) is 2.65. The SMILES string of the molecule is CCC(=O)Nc1nc(-c2ccc3c(c2)CCCN3C(=O)C2CC2)cs1.